The molecule has 0 aliphatic heterocycles. The van der Waals surface area contributed by atoms with Crippen molar-refractivity contribution in [2.24, 2.45) is 0 Å². The van der Waals surface area contributed by atoms with Crippen molar-refractivity contribution in [3.05, 3.63) is 34.4 Å². The van der Waals surface area contributed by atoms with E-state index in [1.807, 2.05) is 0 Å². The zero-order chi connectivity index (χ0) is 13.7. The van der Waals surface area contributed by atoms with Gasteiger partial charge in [0.2, 0.25) is 0 Å². The van der Waals surface area contributed by atoms with E-state index in [9.17, 15) is 13.6 Å². The van der Waals surface area contributed by atoms with E-state index in [2.05, 4.69) is 0 Å². The lowest BCUT2D eigenvalue weighted by molar-refractivity contribution is 0.0525. The van der Waals surface area contributed by atoms with Gasteiger partial charge in [0.15, 0.2) is 0 Å². The summed E-state index contributed by atoms with van der Waals surface area (Å²) in [6.45, 7) is 1.75. The Morgan fingerprint density at radius 3 is 2.67 bits per heavy atom. The Morgan fingerprint density at radius 1 is 1.56 bits per heavy atom. The second kappa shape index (κ2) is 6.31. The number of carbonyl (C=O) groups is 1. The minimum absolute atomic E-state index is 0.0280. The minimum atomic E-state index is -2.75. The van der Waals surface area contributed by atoms with Crippen molar-refractivity contribution in [1.29, 1.82) is 5.26 Å². The molecule has 6 heteroatoms. The fourth-order valence-corrected chi connectivity index (χ4v) is 1.81. The standard InChI is InChI=1S/C12H10ClF2NO2/c1-2-18-12(17)8-4-3-7(11(14)15)9(5-13)10(8)6-16/h3-4,11H,2,5H2,1H3. The lowest BCUT2D eigenvalue weighted by atomic mass is 9.98. The molecule has 1 aromatic rings. The van der Waals surface area contributed by atoms with Gasteiger partial charge in [-0.15, -0.1) is 11.6 Å². The lowest BCUT2D eigenvalue weighted by Gasteiger charge is -2.11. The van der Waals surface area contributed by atoms with Gasteiger partial charge < -0.3 is 4.74 Å². The summed E-state index contributed by atoms with van der Waals surface area (Å²) in [5.74, 6) is -0.989. The Balaban J connectivity index is 3.40. The van der Waals surface area contributed by atoms with Gasteiger partial charge in [0.1, 0.15) is 6.07 Å². The van der Waals surface area contributed by atoms with Crippen LogP contribution in [0.2, 0.25) is 0 Å². The van der Waals surface area contributed by atoms with Gasteiger partial charge in [-0.25, -0.2) is 13.6 Å². The number of benzene rings is 1. The maximum absolute atomic E-state index is 12.7. The van der Waals surface area contributed by atoms with E-state index < -0.39 is 12.4 Å². The van der Waals surface area contributed by atoms with E-state index >= 15 is 0 Å². The Kier molecular flexibility index (Phi) is 5.05. The molecule has 0 saturated carbocycles. The first kappa shape index (κ1) is 14.4. The van der Waals surface area contributed by atoms with Gasteiger partial charge in [-0.05, 0) is 18.6 Å². The van der Waals surface area contributed by atoms with Crippen LogP contribution in [0.4, 0.5) is 8.78 Å². The van der Waals surface area contributed by atoms with Gasteiger partial charge in [0.05, 0.1) is 17.7 Å². The highest BCUT2D eigenvalue weighted by Gasteiger charge is 2.22. The zero-order valence-electron chi connectivity index (χ0n) is 9.54. The molecule has 0 N–H and O–H groups in total. The Morgan fingerprint density at radius 2 is 2.22 bits per heavy atom. The Hall–Kier alpha value is -1.67. The van der Waals surface area contributed by atoms with Crippen LogP contribution in [0.25, 0.3) is 0 Å². The van der Waals surface area contributed by atoms with E-state index in [4.69, 9.17) is 21.6 Å². The third kappa shape index (κ3) is 2.77. The molecule has 0 unspecified atom stereocenters. The number of ether oxygens (including phenoxy) is 1. The molecule has 18 heavy (non-hydrogen) atoms. The van der Waals surface area contributed by atoms with Crippen LogP contribution >= 0.6 is 11.6 Å². The normalized spacial score (nSPS) is 10.2. The van der Waals surface area contributed by atoms with Crippen molar-refractivity contribution in [2.75, 3.05) is 6.61 Å². The van der Waals surface area contributed by atoms with Crippen LogP contribution in [-0.4, -0.2) is 12.6 Å². The lowest BCUT2D eigenvalue weighted by Crippen LogP contribution is -2.10. The molecule has 1 aromatic carbocycles. The average Bonchev–Trinajstić information content (AvgIpc) is 2.36. The molecule has 0 saturated heterocycles. The first-order valence-electron chi connectivity index (χ1n) is 5.13. The molecule has 96 valence electrons. The van der Waals surface area contributed by atoms with Crippen molar-refractivity contribution in [3.63, 3.8) is 0 Å². The van der Waals surface area contributed by atoms with Gasteiger partial charge in [0, 0.05) is 11.4 Å². The molecule has 1 rings (SSSR count). The zero-order valence-corrected chi connectivity index (χ0v) is 10.3. The molecule has 0 spiro atoms. The maximum Gasteiger partial charge on any atom is 0.339 e. The van der Waals surface area contributed by atoms with Crippen molar-refractivity contribution in [2.45, 2.75) is 19.2 Å². The number of nitriles is 1. The number of esters is 1. The van der Waals surface area contributed by atoms with Crippen molar-refractivity contribution in [3.8, 4) is 6.07 Å². The van der Waals surface area contributed by atoms with Gasteiger partial charge in [-0.3, -0.25) is 0 Å². The van der Waals surface area contributed by atoms with Crippen LogP contribution in [0.3, 0.4) is 0 Å². The predicted molar refractivity (Wildman–Crippen MR) is 61.6 cm³/mol. The van der Waals surface area contributed by atoms with Crippen LogP contribution < -0.4 is 0 Å². The molecule has 3 nitrogen and oxygen atoms in total. The summed E-state index contributed by atoms with van der Waals surface area (Å²) in [5.41, 5.74) is -0.560. The number of nitrogens with zero attached hydrogens (tertiary/aromatic N) is 1. The summed E-state index contributed by atoms with van der Waals surface area (Å²) in [7, 11) is 0. The SMILES string of the molecule is CCOC(=O)c1ccc(C(F)F)c(CCl)c1C#N. The van der Waals surface area contributed by atoms with Crippen molar-refractivity contribution < 1.29 is 18.3 Å². The molecule has 0 atom stereocenters. The largest absolute Gasteiger partial charge is 0.462 e. The Bertz CT molecular complexity index is 498. The van der Waals surface area contributed by atoms with Gasteiger partial charge in [0.25, 0.3) is 6.43 Å². The van der Waals surface area contributed by atoms with E-state index in [0.717, 1.165) is 12.1 Å². The molecule has 0 bridgehead atoms. The molecule has 0 amide bonds. The summed E-state index contributed by atoms with van der Waals surface area (Å²) in [6, 6.07) is 3.98. The van der Waals surface area contributed by atoms with E-state index in [1.54, 1.807) is 13.0 Å². The second-order valence-electron chi connectivity index (χ2n) is 3.32. The third-order valence-corrected chi connectivity index (χ3v) is 2.59. The van der Waals surface area contributed by atoms with Gasteiger partial charge in [-0.1, -0.05) is 6.07 Å². The molecular weight excluding hydrogens is 264 g/mol. The molecule has 0 fully saturated rings. The summed E-state index contributed by atoms with van der Waals surface area (Å²) >= 11 is 5.58. The summed E-state index contributed by atoms with van der Waals surface area (Å²) in [4.78, 5) is 11.6. The van der Waals surface area contributed by atoms with Crippen LogP contribution in [0, 0.1) is 11.3 Å². The smallest absolute Gasteiger partial charge is 0.339 e. The van der Waals surface area contributed by atoms with Crippen LogP contribution in [-0.2, 0) is 10.6 Å². The van der Waals surface area contributed by atoms with Gasteiger partial charge >= 0.3 is 5.97 Å². The van der Waals surface area contributed by atoms with Crippen molar-refractivity contribution >= 4 is 17.6 Å². The highest BCUT2D eigenvalue weighted by atomic mass is 35.5. The van der Waals surface area contributed by atoms with E-state index in [-0.39, 0.29) is 34.7 Å². The number of hydrogen-bond donors (Lipinski definition) is 0. The number of halogens is 3. The number of rotatable bonds is 4. The summed E-state index contributed by atoms with van der Waals surface area (Å²) in [5, 5.41) is 8.99. The van der Waals surface area contributed by atoms with E-state index in [1.165, 1.54) is 0 Å². The second-order valence-corrected chi connectivity index (χ2v) is 3.59. The maximum atomic E-state index is 12.7. The van der Waals surface area contributed by atoms with Crippen LogP contribution in [0.1, 0.15) is 40.4 Å². The first-order chi connectivity index (χ1) is 8.56. The highest BCUT2D eigenvalue weighted by molar-refractivity contribution is 6.17. The topological polar surface area (TPSA) is 50.1 Å². The number of alkyl halides is 3. The van der Waals surface area contributed by atoms with Gasteiger partial charge in [-0.2, -0.15) is 5.26 Å². The average molecular weight is 274 g/mol. The molecular formula is C12H10ClF2NO2. The first-order valence-corrected chi connectivity index (χ1v) is 5.67. The predicted octanol–water partition coefficient (Wildman–Crippen LogP) is 3.41. The monoisotopic (exact) mass is 273 g/mol. The summed E-state index contributed by atoms with van der Waals surface area (Å²) in [6.07, 6.45) is -2.75. The highest BCUT2D eigenvalue weighted by Crippen LogP contribution is 2.29. The molecule has 0 heterocycles. The summed E-state index contributed by atoms with van der Waals surface area (Å²) < 4.78 is 30.2. The molecule has 0 aliphatic rings. The fourth-order valence-electron chi connectivity index (χ4n) is 1.52. The van der Waals surface area contributed by atoms with Crippen molar-refractivity contribution in [1.82, 2.24) is 0 Å². The molecule has 0 radical (unpaired) electrons. The number of hydrogen-bond acceptors (Lipinski definition) is 3. The number of carbonyl (C=O) groups excluding carboxylic acids is 1. The van der Waals surface area contributed by atoms with Crippen LogP contribution in [0.5, 0.6) is 0 Å². The Labute approximate surface area is 108 Å². The third-order valence-electron chi connectivity index (χ3n) is 2.33. The fraction of sp³-hybridized carbons (Fsp3) is 0.333. The van der Waals surface area contributed by atoms with Crippen LogP contribution in [0.15, 0.2) is 12.1 Å². The molecule has 0 aromatic heterocycles. The van der Waals surface area contributed by atoms with E-state index in [0.29, 0.717) is 0 Å². The quantitative estimate of drug-likeness (QED) is 0.624. The minimum Gasteiger partial charge on any atom is -0.462 e. The molecule has 0 aliphatic carbocycles.